The van der Waals surface area contributed by atoms with E-state index in [2.05, 4.69) is 58.7 Å². The number of benzene rings is 1. The first-order chi connectivity index (χ1) is 9.25. The quantitative estimate of drug-likeness (QED) is 0.552. The Balaban J connectivity index is 2.09. The third-order valence-electron chi connectivity index (χ3n) is 3.68. The predicted octanol–water partition coefficient (Wildman–Crippen LogP) is 4.16. The highest BCUT2D eigenvalue weighted by Gasteiger charge is 2.14. The van der Waals surface area contributed by atoms with Gasteiger partial charge < -0.3 is 4.98 Å². The molecule has 0 saturated carbocycles. The minimum atomic E-state index is 1.07. The third kappa shape index (κ3) is 1.40. The van der Waals surface area contributed by atoms with Gasteiger partial charge in [0, 0.05) is 33.2 Å². The largest absolute Gasteiger partial charge is 0.360 e. The van der Waals surface area contributed by atoms with Crippen molar-refractivity contribution in [3.63, 3.8) is 0 Å². The summed E-state index contributed by atoms with van der Waals surface area (Å²) >= 11 is 1.74. The summed E-state index contributed by atoms with van der Waals surface area (Å²) in [5, 5.41) is 1.24. The van der Waals surface area contributed by atoms with E-state index in [4.69, 9.17) is 0 Å². The molecule has 3 nitrogen and oxygen atoms in total. The van der Waals surface area contributed by atoms with E-state index < -0.39 is 0 Å². The molecule has 1 N–H and O–H groups in total. The lowest BCUT2D eigenvalue weighted by Crippen LogP contribution is -1.88. The number of hydrogen-bond donors (Lipinski definition) is 1. The van der Waals surface area contributed by atoms with Gasteiger partial charge in [-0.15, -0.1) is 11.3 Å². The second kappa shape index (κ2) is 3.71. The van der Waals surface area contributed by atoms with Gasteiger partial charge in [0.1, 0.15) is 0 Å². The molecule has 4 rings (SSSR count). The molecule has 19 heavy (non-hydrogen) atoms. The van der Waals surface area contributed by atoms with E-state index in [1.807, 2.05) is 6.20 Å². The SMILES string of the molecule is Cc1sc2ncc(-c3c[nH]c4ccccc34)n2c1C. The molecule has 0 aliphatic carbocycles. The summed E-state index contributed by atoms with van der Waals surface area (Å²) in [6, 6.07) is 8.37. The number of thiazole rings is 1. The number of hydrogen-bond acceptors (Lipinski definition) is 2. The highest BCUT2D eigenvalue weighted by Crippen LogP contribution is 2.32. The summed E-state index contributed by atoms with van der Waals surface area (Å²) in [6.45, 7) is 4.30. The highest BCUT2D eigenvalue weighted by molar-refractivity contribution is 7.17. The van der Waals surface area contributed by atoms with Crippen LogP contribution in [0.3, 0.4) is 0 Å². The van der Waals surface area contributed by atoms with Gasteiger partial charge in [-0.05, 0) is 19.9 Å². The molecule has 0 radical (unpaired) electrons. The molecule has 4 heteroatoms. The minimum absolute atomic E-state index is 1.07. The number of rotatable bonds is 1. The van der Waals surface area contributed by atoms with Gasteiger partial charge >= 0.3 is 0 Å². The zero-order valence-electron chi connectivity index (χ0n) is 10.8. The summed E-state index contributed by atoms with van der Waals surface area (Å²) in [7, 11) is 0. The Morgan fingerprint density at radius 1 is 1.21 bits per heavy atom. The molecule has 0 amide bonds. The van der Waals surface area contributed by atoms with E-state index in [9.17, 15) is 0 Å². The number of imidazole rings is 1. The zero-order chi connectivity index (χ0) is 13.0. The molecule has 4 aromatic rings. The summed E-state index contributed by atoms with van der Waals surface area (Å²) in [6.07, 6.45) is 4.04. The highest BCUT2D eigenvalue weighted by atomic mass is 32.1. The molecular formula is C15H13N3S. The molecule has 0 bridgehead atoms. The first kappa shape index (κ1) is 10.8. The van der Waals surface area contributed by atoms with Crippen LogP contribution < -0.4 is 0 Å². The van der Waals surface area contributed by atoms with Crippen LogP contribution in [0.25, 0.3) is 27.1 Å². The van der Waals surface area contributed by atoms with Gasteiger partial charge in [0.2, 0.25) is 0 Å². The van der Waals surface area contributed by atoms with Gasteiger partial charge in [0.05, 0.1) is 11.9 Å². The number of aryl methyl sites for hydroxylation is 2. The Bertz CT molecular complexity index is 895. The molecular weight excluding hydrogens is 254 g/mol. The van der Waals surface area contributed by atoms with Crippen molar-refractivity contribution in [1.29, 1.82) is 0 Å². The van der Waals surface area contributed by atoms with E-state index >= 15 is 0 Å². The molecule has 1 aromatic carbocycles. The average Bonchev–Trinajstić information content (AvgIpc) is 3.07. The normalized spacial score (nSPS) is 11.7. The third-order valence-corrected chi connectivity index (χ3v) is 4.76. The van der Waals surface area contributed by atoms with Crippen LogP contribution in [0.4, 0.5) is 0 Å². The smallest absolute Gasteiger partial charge is 0.194 e. The minimum Gasteiger partial charge on any atom is -0.360 e. The first-order valence-electron chi connectivity index (χ1n) is 6.25. The fourth-order valence-corrected chi connectivity index (χ4v) is 3.52. The lowest BCUT2D eigenvalue weighted by Gasteiger charge is -2.00. The average molecular weight is 267 g/mol. The second-order valence-electron chi connectivity index (χ2n) is 4.75. The van der Waals surface area contributed by atoms with Crippen LogP contribution in [-0.4, -0.2) is 14.4 Å². The lowest BCUT2D eigenvalue weighted by molar-refractivity contribution is 1.12. The van der Waals surface area contributed by atoms with Gasteiger partial charge in [-0.3, -0.25) is 4.40 Å². The molecule has 0 atom stereocenters. The Kier molecular flexibility index (Phi) is 2.11. The fourth-order valence-electron chi connectivity index (χ4n) is 2.57. The Morgan fingerprint density at radius 3 is 2.95 bits per heavy atom. The van der Waals surface area contributed by atoms with Gasteiger partial charge in [0.25, 0.3) is 0 Å². The number of H-pyrrole nitrogens is 1. The molecule has 0 spiro atoms. The van der Waals surface area contributed by atoms with Crippen molar-refractivity contribution in [1.82, 2.24) is 14.4 Å². The Hall–Kier alpha value is -2.07. The standard InChI is InChI=1S/C15H13N3S/c1-9-10(2)19-15-17-8-14(18(9)15)12-7-16-13-6-4-3-5-11(12)13/h3-8,16H,1-2H3. The molecule has 94 valence electrons. The first-order valence-corrected chi connectivity index (χ1v) is 7.07. The van der Waals surface area contributed by atoms with Crippen LogP contribution in [0.1, 0.15) is 10.6 Å². The van der Waals surface area contributed by atoms with E-state index in [1.54, 1.807) is 11.3 Å². The Morgan fingerprint density at radius 2 is 2.05 bits per heavy atom. The predicted molar refractivity (Wildman–Crippen MR) is 79.8 cm³/mol. The number of fused-ring (bicyclic) bond motifs is 2. The second-order valence-corrected chi connectivity index (χ2v) is 5.93. The Labute approximate surface area is 114 Å². The van der Waals surface area contributed by atoms with Crippen LogP contribution in [0.2, 0.25) is 0 Å². The molecule has 3 heterocycles. The van der Waals surface area contributed by atoms with Crippen molar-refractivity contribution >= 4 is 27.2 Å². The summed E-state index contributed by atoms with van der Waals surface area (Å²) < 4.78 is 2.25. The molecule has 0 fully saturated rings. The van der Waals surface area contributed by atoms with Crippen LogP contribution in [0.5, 0.6) is 0 Å². The van der Waals surface area contributed by atoms with E-state index in [0.29, 0.717) is 0 Å². The molecule has 0 unspecified atom stereocenters. The van der Waals surface area contributed by atoms with Gasteiger partial charge in [-0.25, -0.2) is 4.98 Å². The van der Waals surface area contributed by atoms with Crippen molar-refractivity contribution in [3.8, 4) is 11.3 Å². The van der Waals surface area contributed by atoms with Gasteiger partial charge in [0.15, 0.2) is 4.96 Å². The van der Waals surface area contributed by atoms with Crippen molar-refractivity contribution in [3.05, 3.63) is 47.2 Å². The van der Waals surface area contributed by atoms with Crippen molar-refractivity contribution in [2.75, 3.05) is 0 Å². The topological polar surface area (TPSA) is 33.1 Å². The maximum atomic E-state index is 4.53. The summed E-state index contributed by atoms with van der Waals surface area (Å²) in [4.78, 5) is 10.2. The van der Waals surface area contributed by atoms with Crippen LogP contribution in [-0.2, 0) is 0 Å². The number of nitrogens with one attached hydrogen (secondary N) is 1. The lowest BCUT2D eigenvalue weighted by atomic mass is 10.1. The monoisotopic (exact) mass is 267 g/mol. The maximum absolute atomic E-state index is 4.53. The van der Waals surface area contributed by atoms with Crippen molar-refractivity contribution in [2.45, 2.75) is 13.8 Å². The van der Waals surface area contributed by atoms with E-state index in [1.165, 1.54) is 21.5 Å². The van der Waals surface area contributed by atoms with Crippen LogP contribution in [0, 0.1) is 13.8 Å². The van der Waals surface area contributed by atoms with Gasteiger partial charge in [-0.1, -0.05) is 18.2 Å². The summed E-state index contributed by atoms with van der Waals surface area (Å²) in [5.41, 5.74) is 4.81. The van der Waals surface area contributed by atoms with Crippen LogP contribution in [0.15, 0.2) is 36.7 Å². The summed E-state index contributed by atoms with van der Waals surface area (Å²) in [5.74, 6) is 0. The zero-order valence-corrected chi connectivity index (χ0v) is 11.6. The van der Waals surface area contributed by atoms with E-state index in [0.717, 1.165) is 16.2 Å². The van der Waals surface area contributed by atoms with Crippen LogP contribution >= 0.6 is 11.3 Å². The van der Waals surface area contributed by atoms with Crippen molar-refractivity contribution in [2.24, 2.45) is 0 Å². The fraction of sp³-hybridized carbons (Fsp3) is 0.133. The number of aromatic amines is 1. The molecule has 0 aliphatic heterocycles. The van der Waals surface area contributed by atoms with Gasteiger partial charge in [-0.2, -0.15) is 0 Å². The maximum Gasteiger partial charge on any atom is 0.194 e. The van der Waals surface area contributed by atoms with E-state index in [-0.39, 0.29) is 0 Å². The van der Waals surface area contributed by atoms with Crippen molar-refractivity contribution < 1.29 is 0 Å². The number of para-hydroxylation sites is 1. The molecule has 0 saturated heterocycles. The number of nitrogens with zero attached hydrogens (tertiary/aromatic N) is 2. The number of aromatic nitrogens is 3. The molecule has 3 aromatic heterocycles. The molecule has 0 aliphatic rings.